The molecule has 2 amide bonds. The van der Waals surface area contributed by atoms with E-state index in [4.69, 9.17) is 4.74 Å². The van der Waals surface area contributed by atoms with Crippen LogP contribution in [0.5, 0.6) is 5.75 Å². The average Bonchev–Trinajstić information content (AvgIpc) is 3.06. The maximum absolute atomic E-state index is 13.5. The Morgan fingerprint density at radius 3 is 2.27 bits per heavy atom. The normalized spacial score (nSPS) is 13.6. The van der Waals surface area contributed by atoms with Gasteiger partial charge in [0.25, 0.3) is 11.8 Å². The number of rotatable bonds is 8. The number of aryl methyl sites for hydroxylation is 1. The van der Waals surface area contributed by atoms with E-state index in [1.807, 2.05) is 93.6 Å². The Hall–Kier alpha value is -3.86. The minimum Gasteiger partial charge on any atom is -0.494 e. The van der Waals surface area contributed by atoms with Crippen molar-refractivity contribution in [1.82, 2.24) is 4.90 Å². The first kappa shape index (κ1) is 22.3. The fourth-order valence-corrected chi connectivity index (χ4v) is 3.95. The molecule has 0 unspecified atom stereocenters. The first-order chi connectivity index (χ1) is 16.0. The molecule has 33 heavy (non-hydrogen) atoms. The minimum atomic E-state index is -0.305. The van der Waals surface area contributed by atoms with E-state index in [-0.39, 0.29) is 11.8 Å². The van der Waals surface area contributed by atoms with Crippen molar-refractivity contribution in [1.29, 1.82) is 0 Å². The summed E-state index contributed by atoms with van der Waals surface area (Å²) >= 11 is 0. The molecule has 5 nitrogen and oxygen atoms in total. The Kier molecular flexibility index (Phi) is 6.59. The summed E-state index contributed by atoms with van der Waals surface area (Å²) in [5, 5.41) is 3.28. The van der Waals surface area contributed by atoms with E-state index in [2.05, 4.69) is 5.32 Å². The average molecular weight is 441 g/mol. The van der Waals surface area contributed by atoms with Crippen molar-refractivity contribution in [3.05, 3.63) is 101 Å². The van der Waals surface area contributed by atoms with Crippen LogP contribution in [0.1, 0.15) is 29.2 Å². The van der Waals surface area contributed by atoms with Gasteiger partial charge >= 0.3 is 0 Å². The van der Waals surface area contributed by atoms with Crippen LogP contribution >= 0.6 is 0 Å². The molecule has 0 aliphatic carbocycles. The number of anilines is 1. The van der Waals surface area contributed by atoms with Crippen LogP contribution in [-0.4, -0.2) is 29.9 Å². The van der Waals surface area contributed by atoms with Gasteiger partial charge in [0.2, 0.25) is 0 Å². The molecule has 0 fully saturated rings. The van der Waals surface area contributed by atoms with Gasteiger partial charge in [-0.1, -0.05) is 54.6 Å². The van der Waals surface area contributed by atoms with E-state index in [0.29, 0.717) is 36.4 Å². The summed E-state index contributed by atoms with van der Waals surface area (Å²) in [6.07, 6.45) is 0.603. The van der Waals surface area contributed by atoms with E-state index >= 15 is 0 Å². The second-order valence-electron chi connectivity index (χ2n) is 8.08. The smallest absolute Gasteiger partial charge is 0.278 e. The van der Waals surface area contributed by atoms with Crippen molar-refractivity contribution in [2.75, 3.05) is 18.5 Å². The molecule has 1 N–H and O–H groups in total. The molecule has 0 saturated carbocycles. The lowest BCUT2D eigenvalue weighted by atomic mass is 10.0. The first-order valence-electron chi connectivity index (χ1n) is 11.2. The zero-order valence-corrected chi connectivity index (χ0v) is 19.2. The third-order valence-electron chi connectivity index (χ3n) is 5.95. The molecule has 4 rings (SSSR count). The number of carbonyl (C=O) groups excluding carboxylic acids is 2. The van der Waals surface area contributed by atoms with Crippen LogP contribution in [0.2, 0.25) is 0 Å². The molecule has 0 spiro atoms. The van der Waals surface area contributed by atoms with Crippen LogP contribution in [0.15, 0.2) is 78.5 Å². The molecule has 168 valence electrons. The summed E-state index contributed by atoms with van der Waals surface area (Å²) in [5.74, 6) is 0.136. The van der Waals surface area contributed by atoms with Gasteiger partial charge in [0.05, 0.1) is 12.2 Å². The highest BCUT2D eigenvalue weighted by atomic mass is 16.5. The first-order valence-corrected chi connectivity index (χ1v) is 11.2. The number of hydrogen-bond acceptors (Lipinski definition) is 4. The van der Waals surface area contributed by atoms with Crippen LogP contribution in [0.3, 0.4) is 0 Å². The molecule has 1 aliphatic rings. The third kappa shape index (κ3) is 4.67. The fraction of sp³-hybridized carbons (Fsp3) is 0.214. The van der Waals surface area contributed by atoms with Gasteiger partial charge in [0, 0.05) is 12.2 Å². The number of nitrogens with zero attached hydrogens (tertiary/aromatic N) is 1. The molecule has 0 aromatic heterocycles. The number of imide groups is 1. The van der Waals surface area contributed by atoms with E-state index < -0.39 is 0 Å². The molecule has 3 aromatic carbocycles. The maximum atomic E-state index is 13.5. The van der Waals surface area contributed by atoms with Gasteiger partial charge in [-0.15, -0.1) is 0 Å². The van der Waals surface area contributed by atoms with E-state index in [9.17, 15) is 9.59 Å². The third-order valence-corrected chi connectivity index (χ3v) is 5.95. The maximum Gasteiger partial charge on any atom is 0.278 e. The van der Waals surface area contributed by atoms with Crippen molar-refractivity contribution >= 4 is 23.1 Å². The second-order valence-corrected chi connectivity index (χ2v) is 8.08. The summed E-state index contributed by atoms with van der Waals surface area (Å²) in [5.41, 5.74) is 5.44. The highest BCUT2D eigenvalue weighted by Crippen LogP contribution is 2.32. The number of amides is 2. The number of nitrogens with one attached hydrogen (secondary N) is 1. The van der Waals surface area contributed by atoms with Crippen LogP contribution in [-0.2, 0) is 16.0 Å². The molecule has 3 aromatic rings. The van der Waals surface area contributed by atoms with E-state index in [1.54, 1.807) is 0 Å². The van der Waals surface area contributed by atoms with Gasteiger partial charge in [-0.25, -0.2) is 0 Å². The monoisotopic (exact) mass is 440 g/mol. The topological polar surface area (TPSA) is 58.6 Å². The number of carbonyl (C=O) groups is 2. The summed E-state index contributed by atoms with van der Waals surface area (Å²) in [6, 6.07) is 23.1. The van der Waals surface area contributed by atoms with Gasteiger partial charge in [0.15, 0.2) is 0 Å². The quantitative estimate of drug-likeness (QED) is 0.493. The number of ether oxygens (including phenoxy) is 1. The minimum absolute atomic E-state index is 0.284. The summed E-state index contributed by atoms with van der Waals surface area (Å²) in [6.45, 7) is 6.83. The highest BCUT2D eigenvalue weighted by molar-refractivity contribution is 6.36. The lowest BCUT2D eigenvalue weighted by molar-refractivity contribution is -0.136. The van der Waals surface area contributed by atoms with Crippen LogP contribution in [0.25, 0.3) is 5.57 Å². The molecule has 0 saturated heterocycles. The van der Waals surface area contributed by atoms with Crippen molar-refractivity contribution in [3.63, 3.8) is 0 Å². The van der Waals surface area contributed by atoms with Crippen molar-refractivity contribution < 1.29 is 14.3 Å². The molecule has 0 radical (unpaired) electrons. The molecule has 5 heteroatoms. The van der Waals surface area contributed by atoms with Gasteiger partial charge in [-0.3, -0.25) is 14.5 Å². The number of benzene rings is 3. The Bertz CT molecular complexity index is 1200. The molecule has 0 atom stereocenters. The van der Waals surface area contributed by atoms with E-state index in [0.717, 1.165) is 28.1 Å². The number of hydrogen-bond donors (Lipinski definition) is 1. The van der Waals surface area contributed by atoms with Gasteiger partial charge in [-0.05, 0) is 67.6 Å². The predicted octanol–water partition coefficient (Wildman–Crippen LogP) is 5.14. The summed E-state index contributed by atoms with van der Waals surface area (Å²) < 4.78 is 5.54. The Morgan fingerprint density at radius 2 is 1.58 bits per heavy atom. The highest BCUT2D eigenvalue weighted by Gasteiger charge is 2.39. The summed E-state index contributed by atoms with van der Waals surface area (Å²) in [4.78, 5) is 28.3. The Morgan fingerprint density at radius 1 is 0.848 bits per heavy atom. The zero-order valence-electron chi connectivity index (χ0n) is 19.2. The fourth-order valence-electron chi connectivity index (χ4n) is 3.95. The van der Waals surface area contributed by atoms with Crippen molar-refractivity contribution in [2.45, 2.75) is 27.2 Å². The van der Waals surface area contributed by atoms with Crippen LogP contribution in [0, 0.1) is 13.8 Å². The second kappa shape index (κ2) is 9.74. The molecule has 0 bridgehead atoms. The van der Waals surface area contributed by atoms with E-state index in [1.165, 1.54) is 4.90 Å². The largest absolute Gasteiger partial charge is 0.494 e. The Labute approximate surface area is 194 Å². The SMILES string of the molecule is CCOc1ccc(C2=C(Nc3cccc(C)c3C)C(=O)N(CCc3ccccc3)C2=O)cc1. The zero-order chi connectivity index (χ0) is 23.4. The van der Waals surface area contributed by atoms with Crippen molar-refractivity contribution in [3.8, 4) is 5.75 Å². The summed E-state index contributed by atoms with van der Waals surface area (Å²) in [7, 11) is 0. The van der Waals surface area contributed by atoms with Gasteiger partial charge in [0.1, 0.15) is 11.4 Å². The van der Waals surface area contributed by atoms with Gasteiger partial charge < -0.3 is 10.1 Å². The standard InChI is InChI=1S/C28H28N2O3/c1-4-33-23-15-13-22(14-16-23)25-26(29-24-12-8-9-19(2)20(24)3)28(32)30(27(25)31)18-17-21-10-6-5-7-11-21/h5-16,29H,4,17-18H2,1-3H3. The predicted molar refractivity (Wildman–Crippen MR) is 131 cm³/mol. The Balaban J connectivity index is 1.69. The lowest BCUT2D eigenvalue weighted by Crippen LogP contribution is -2.34. The molecule has 1 heterocycles. The molecular weight excluding hydrogens is 412 g/mol. The molecule has 1 aliphatic heterocycles. The van der Waals surface area contributed by atoms with Crippen LogP contribution in [0.4, 0.5) is 5.69 Å². The lowest BCUT2D eigenvalue weighted by Gasteiger charge is -2.16. The molecular formula is C28H28N2O3. The van der Waals surface area contributed by atoms with Crippen molar-refractivity contribution in [2.24, 2.45) is 0 Å². The van der Waals surface area contributed by atoms with Gasteiger partial charge in [-0.2, -0.15) is 0 Å². The van der Waals surface area contributed by atoms with Crippen LogP contribution < -0.4 is 10.1 Å².